The van der Waals surface area contributed by atoms with Crippen molar-refractivity contribution in [1.29, 1.82) is 0 Å². The molecule has 0 unspecified atom stereocenters. The summed E-state index contributed by atoms with van der Waals surface area (Å²) >= 11 is 1.98. The molecule has 1 aromatic heterocycles. The number of rotatable bonds is 6. The Morgan fingerprint density at radius 1 is 0.854 bits per heavy atom. The first kappa shape index (κ1) is 27.8. The SMILES string of the molecule is [C-]#[N+]C(C)(C)Cc1ccc2cc3c4c([n+](C)ccc4c2c1)-c1c(c(CC(C)C)c2ccc(CC(C)C)cc2c1C)S3. The van der Waals surface area contributed by atoms with Crippen LogP contribution in [0.1, 0.15) is 63.8 Å². The molecule has 0 saturated heterocycles. The van der Waals surface area contributed by atoms with Crippen molar-refractivity contribution in [2.24, 2.45) is 18.9 Å². The number of nitrogens with zero attached hydrogens (tertiary/aromatic N) is 2. The van der Waals surface area contributed by atoms with Gasteiger partial charge in [-0.2, -0.15) is 0 Å². The van der Waals surface area contributed by atoms with Crippen molar-refractivity contribution in [1.82, 2.24) is 0 Å². The van der Waals surface area contributed by atoms with Crippen LogP contribution in [0.2, 0.25) is 0 Å². The van der Waals surface area contributed by atoms with Crippen LogP contribution in [-0.4, -0.2) is 5.54 Å². The molecule has 1 aliphatic heterocycles. The minimum atomic E-state index is -0.402. The smallest absolute Gasteiger partial charge is 0.231 e. The Morgan fingerprint density at radius 2 is 1.56 bits per heavy atom. The third kappa shape index (κ3) is 4.81. The van der Waals surface area contributed by atoms with Gasteiger partial charge in [-0.15, -0.1) is 0 Å². The number of hydrogen-bond donors (Lipinski definition) is 0. The maximum absolute atomic E-state index is 7.63. The lowest BCUT2D eigenvalue weighted by atomic mass is 9.86. The molecule has 0 atom stereocenters. The van der Waals surface area contributed by atoms with Crippen LogP contribution in [0.15, 0.2) is 64.5 Å². The number of benzene rings is 4. The molecular formula is C38H41N2S+. The Kier molecular flexibility index (Phi) is 6.90. The Morgan fingerprint density at radius 3 is 2.27 bits per heavy atom. The third-order valence-corrected chi connectivity index (χ3v) is 9.79. The highest BCUT2D eigenvalue weighted by Crippen LogP contribution is 2.53. The van der Waals surface area contributed by atoms with Crippen LogP contribution in [0.3, 0.4) is 0 Å². The Labute approximate surface area is 249 Å². The molecule has 41 heavy (non-hydrogen) atoms. The second-order valence-corrected chi connectivity index (χ2v) is 14.6. The van der Waals surface area contributed by atoms with Gasteiger partial charge in [0.1, 0.15) is 7.05 Å². The highest BCUT2D eigenvalue weighted by molar-refractivity contribution is 8.00. The van der Waals surface area contributed by atoms with Crippen LogP contribution in [0.5, 0.6) is 0 Å². The summed E-state index contributed by atoms with van der Waals surface area (Å²) in [6.07, 6.45) is 5.17. The molecule has 1 aliphatic rings. The standard InChI is InChI=1S/C38H41N2S/c1-22(2)16-25-11-13-28-30(18-25)24(5)34-36-35-29(14-15-40(36)9)31-19-26(21-38(6,7)39-8)10-12-27(31)20-33(35)41-37(34)32(28)17-23(3)4/h10-15,18-20,22-23H,16-17,21H2,1-7,9H3/q+1. The van der Waals surface area contributed by atoms with E-state index in [9.17, 15) is 0 Å². The van der Waals surface area contributed by atoms with Gasteiger partial charge in [0.05, 0.1) is 17.4 Å². The second kappa shape index (κ2) is 10.2. The molecule has 0 aliphatic carbocycles. The van der Waals surface area contributed by atoms with E-state index in [2.05, 4.69) is 106 Å². The van der Waals surface area contributed by atoms with Crippen molar-refractivity contribution in [2.75, 3.05) is 0 Å². The lowest BCUT2D eigenvalue weighted by Gasteiger charge is -2.26. The minimum absolute atomic E-state index is 0.402. The number of aromatic nitrogens is 1. The molecule has 4 aromatic carbocycles. The van der Waals surface area contributed by atoms with Gasteiger partial charge in [0.25, 0.3) is 0 Å². The largest absolute Gasteiger partial charge is 0.311 e. The summed E-state index contributed by atoms with van der Waals surface area (Å²) in [5.41, 5.74) is 7.88. The van der Waals surface area contributed by atoms with E-state index in [1.165, 1.54) is 75.6 Å². The zero-order valence-electron chi connectivity index (χ0n) is 25.8. The lowest BCUT2D eigenvalue weighted by Crippen LogP contribution is -2.32. The van der Waals surface area contributed by atoms with E-state index in [-0.39, 0.29) is 0 Å². The first-order chi connectivity index (χ1) is 19.5. The predicted octanol–water partition coefficient (Wildman–Crippen LogP) is 10.0. The molecular weight excluding hydrogens is 516 g/mol. The summed E-state index contributed by atoms with van der Waals surface area (Å²) in [4.78, 5) is 6.66. The lowest BCUT2D eigenvalue weighted by molar-refractivity contribution is -0.659. The maximum Gasteiger partial charge on any atom is 0.231 e. The van der Waals surface area contributed by atoms with E-state index in [0.29, 0.717) is 11.8 Å². The molecule has 0 spiro atoms. The van der Waals surface area contributed by atoms with Crippen molar-refractivity contribution in [2.45, 2.75) is 83.1 Å². The van der Waals surface area contributed by atoms with Gasteiger partial charge in [-0.25, -0.2) is 11.1 Å². The minimum Gasteiger partial charge on any atom is -0.311 e. The highest BCUT2D eigenvalue weighted by Gasteiger charge is 2.33. The molecule has 2 nitrogen and oxygen atoms in total. The van der Waals surface area contributed by atoms with Crippen LogP contribution >= 0.6 is 11.8 Å². The van der Waals surface area contributed by atoms with Crippen molar-refractivity contribution in [3.63, 3.8) is 0 Å². The fourth-order valence-corrected chi connectivity index (χ4v) is 8.17. The van der Waals surface area contributed by atoms with E-state index >= 15 is 0 Å². The van der Waals surface area contributed by atoms with E-state index in [0.717, 1.165) is 19.3 Å². The maximum atomic E-state index is 7.63. The topological polar surface area (TPSA) is 8.24 Å². The monoisotopic (exact) mass is 557 g/mol. The molecule has 0 radical (unpaired) electrons. The molecule has 3 heteroatoms. The van der Waals surface area contributed by atoms with E-state index < -0.39 is 5.54 Å². The predicted molar refractivity (Wildman–Crippen MR) is 176 cm³/mol. The normalized spacial score (nSPS) is 13.0. The second-order valence-electron chi connectivity index (χ2n) is 13.6. The first-order valence-corrected chi connectivity index (χ1v) is 15.8. The van der Waals surface area contributed by atoms with E-state index in [1.807, 2.05) is 25.6 Å². The summed E-state index contributed by atoms with van der Waals surface area (Å²) in [5, 5.41) is 8.05. The zero-order chi connectivity index (χ0) is 29.2. The summed E-state index contributed by atoms with van der Waals surface area (Å²) in [6.45, 7) is 23.3. The molecule has 6 rings (SSSR count). The van der Waals surface area contributed by atoms with Gasteiger partial charge in [-0.3, -0.25) is 0 Å². The van der Waals surface area contributed by atoms with E-state index in [1.54, 1.807) is 0 Å². The number of aryl methyl sites for hydroxylation is 2. The van der Waals surface area contributed by atoms with Gasteiger partial charge in [-0.05, 0) is 81.5 Å². The van der Waals surface area contributed by atoms with Crippen molar-refractivity contribution in [3.8, 4) is 11.3 Å². The molecule has 5 aromatic rings. The Bertz CT molecular complexity index is 1900. The van der Waals surface area contributed by atoms with Crippen molar-refractivity contribution >= 4 is 44.1 Å². The van der Waals surface area contributed by atoms with Crippen LogP contribution in [0, 0.1) is 25.3 Å². The van der Waals surface area contributed by atoms with Gasteiger partial charge >= 0.3 is 0 Å². The Hall–Kier alpha value is -3.35. The summed E-state index contributed by atoms with van der Waals surface area (Å²) < 4.78 is 2.35. The highest BCUT2D eigenvalue weighted by atomic mass is 32.2. The molecule has 0 amide bonds. The van der Waals surface area contributed by atoms with Crippen molar-refractivity contribution in [3.05, 3.63) is 88.4 Å². The average molecular weight is 558 g/mol. The molecule has 0 fully saturated rings. The summed E-state index contributed by atoms with van der Waals surface area (Å²) in [7, 11) is 2.21. The van der Waals surface area contributed by atoms with Gasteiger partial charge in [0, 0.05) is 35.1 Å². The van der Waals surface area contributed by atoms with Gasteiger partial charge < -0.3 is 4.85 Å². The van der Waals surface area contributed by atoms with Crippen molar-refractivity contribution < 1.29 is 4.57 Å². The fraction of sp³-hybridized carbons (Fsp3) is 0.368. The van der Waals surface area contributed by atoms with Gasteiger partial charge in [0.15, 0.2) is 6.20 Å². The molecule has 208 valence electrons. The molecule has 0 bridgehead atoms. The van der Waals surface area contributed by atoms with Crippen LogP contribution in [-0.2, 0) is 26.3 Å². The molecule has 2 heterocycles. The van der Waals surface area contributed by atoms with Crippen LogP contribution < -0.4 is 4.57 Å². The van der Waals surface area contributed by atoms with E-state index in [4.69, 9.17) is 6.57 Å². The number of pyridine rings is 1. The molecule has 0 saturated carbocycles. The molecule has 0 N–H and O–H groups in total. The summed E-state index contributed by atoms with van der Waals surface area (Å²) in [5.74, 6) is 1.20. The quantitative estimate of drug-likeness (QED) is 0.112. The third-order valence-electron chi connectivity index (χ3n) is 8.60. The number of fused-ring (bicyclic) bond motifs is 5. The summed E-state index contributed by atoms with van der Waals surface area (Å²) in [6, 6.07) is 18.8. The van der Waals surface area contributed by atoms with Crippen LogP contribution in [0.4, 0.5) is 0 Å². The zero-order valence-corrected chi connectivity index (χ0v) is 26.6. The van der Waals surface area contributed by atoms with Gasteiger partial charge in [0.2, 0.25) is 11.2 Å². The first-order valence-electron chi connectivity index (χ1n) is 15.0. The average Bonchev–Trinajstić information content (AvgIpc) is 2.91. The fourth-order valence-electron chi connectivity index (χ4n) is 6.79. The number of hydrogen-bond acceptors (Lipinski definition) is 1. The van der Waals surface area contributed by atoms with Gasteiger partial charge in [-0.1, -0.05) is 75.9 Å². The van der Waals surface area contributed by atoms with Crippen LogP contribution in [0.25, 0.3) is 48.4 Å². The Balaban J connectivity index is 1.68.